The van der Waals surface area contributed by atoms with Crippen molar-refractivity contribution in [2.45, 2.75) is 318 Å². The van der Waals surface area contributed by atoms with Crippen molar-refractivity contribution < 1.29 is 222 Å². The number of nitrogens with one attached hydrogen (secondary N) is 5. The van der Waals surface area contributed by atoms with Crippen molar-refractivity contribution in [3.63, 3.8) is 0 Å². The lowest BCUT2D eigenvalue weighted by atomic mass is 9.93. The van der Waals surface area contributed by atoms with Crippen LogP contribution in [0.25, 0.3) is 0 Å². The van der Waals surface area contributed by atoms with Crippen molar-refractivity contribution >= 4 is 29.5 Å². The lowest BCUT2D eigenvalue weighted by Crippen LogP contribution is -2.70. The van der Waals surface area contributed by atoms with Gasteiger partial charge in [0.25, 0.3) is 0 Å². The number of carbonyl (C=O) groups excluding carboxylic acids is 5. The van der Waals surface area contributed by atoms with Crippen LogP contribution in [0.15, 0.2) is 0 Å². The average Bonchev–Trinajstić information content (AvgIpc) is 0.758. The molecule has 0 radical (unpaired) electrons. The van der Waals surface area contributed by atoms with E-state index in [0.29, 0.717) is 0 Å². The van der Waals surface area contributed by atoms with Gasteiger partial charge in [-0.05, 0) is 6.92 Å². The number of carbonyl (C=O) groups is 5. The normalized spacial score (nSPS) is 48.2. The standard InChI is InChI=1S/C64H107N5O45/c1-15-34(80)45(91)48(94)61(101-15)99-14-28-53(43(89)29(56(97)102-28)65-16(2)75)111-60-33(69-20(6)79)44(90)51(24(10-73)106-60)112-63-50(96)54(113-62-49(95)47(93)52(25(11-74)107-62)110-58-31(67-18(4)77)41(87)36(82)22(8-71)104-58)39(85)27(108-63)13-100-64-55(114-59-32(68-19(5)78)42(88)37(83)23(9-72)105-59)46(92)38(84)26(109-64)12-98-57-30(66-17(3)76)40(86)35(81)21(7-70)103-57/h15,21-64,70-74,80-97H,7-14H2,1-6H3,(H,65,75)(H,66,76)(H,67,77)(H,68,78)(H,69,79)/t15-,21+,22+,23+,24+,25+,26+,27+,28+,29+,30+,31+,32+,33+,34+,35+,36+,37+,38+,39+,40+,41+,42+,43+,44+,45-,46-,47+,48-,49-,50-,51+,52+,53+,54-,55-,56+,57+,58-,59-,60-,61+,62+,63-,64-/m0/s1. The van der Waals surface area contributed by atoms with E-state index < -0.39 is 358 Å². The molecule has 0 aromatic heterocycles. The summed E-state index contributed by atoms with van der Waals surface area (Å²) in [5.41, 5.74) is 0. The molecule has 0 bridgehead atoms. The zero-order chi connectivity index (χ0) is 84.1. The lowest BCUT2D eigenvalue weighted by molar-refractivity contribution is -0.392. The van der Waals surface area contributed by atoms with E-state index >= 15 is 0 Å². The number of rotatable bonds is 29. The predicted molar refractivity (Wildman–Crippen MR) is 354 cm³/mol. The third-order valence-corrected chi connectivity index (χ3v) is 20.7. The van der Waals surface area contributed by atoms with Crippen LogP contribution in [0.2, 0.25) is 0 Å². The van der Waals surface area contributed by atoms with Crippen molar-refractivity contribution in [3.05, 3.63) is 0 Å². The van der Waals surface area contributed by atoms with E-state index in [1.165, 1.54) is 6.92 Å². The number of aliphatic hydroxyl groups excluding tert-OH is 23. The number of hydrogen-bond donors (Lipinski definition) is 28. The van der Waals surface area contributed by atoms with Crippen molar-refractivity contribution in [1.29, 1.82) is 0 Å². The summed E-state index contributed by atoms with van der Waals surface area (Å²) < 4.78 is 101. The Morgan fingerprint density at radius 2 is 0.544 bits per heavy atom. The molecule has 9 saturated heterocycles. The first-order chi connectivity index (χ1) is 53.8. The molecule has 0 aromatic rings. The number of amides is 5. The number of aliphatic hydroxyl groups is 23. The van der Waals surface area contributed by atoms with E-state index in [0.717, 1.165) is 34.6 Å². The molecular weight excluding hydrogens is 1560 g/mol. The van der Waals surface area contributed by atoms with Gasteiger partial charge in [0.15, 0.2) is 56.6 Å². The number of ether oxygens (including phenoxy) is 17. The van der Waals surface area contributed by atoms with Crippen LogP contribution in [-0.2, 0) is 104 Å². The molecule has 50 heteroatoms. The molecular formula is C64H107N5O45. The van der Waals surface area contributed by atoms with Gasteiger partial charge in [-0.2, -0.15) is 0 Å². The van der Waals surface area contributed by atoms with Crippen LogP contribution in [0, 0.1) is 0 Å². The fourth-order valence-electron chi connectivity index (χ4n) is 14.6. The lowest BCUT2D eigenvalue weighted by Gasteiger charge is -2.51. The van der Waals surface area contributed by atoms with Crippen LogP contribution in [0.3, 0.4) is 0 Å². The van der Waals surface area contributed by atoms with Crippen molar-refractivity contribution in [3.8, 4) is 0 Å². The van der Waals surface area contributed by atoms with Gasteiger partial charge in [0.1, 0.15) is 213 Å². The first-order valence-electron chi connectivity index (χ1n) is 36.5. The zero-order valence-corrected chi connectivity index (χ0v) is 61.9. The van der Waals surface area contributed by atoms with Gasteiger partial charge < -0.3 is 225 Å². The molecule has 658 valence electrons. The van der Waals surface area contributed by atoms with Gasteiger partial charge in [0.2, 0.25) is 29.5 Å². The molecule has 0 spiro atoms. The van der Waals surface area contributed by atoms with Crippen LogP contribution in [-0.4, -0.2) is 476 Å². The van der Waals surface area contributed by atoms with Gasteiger partial charge in [-0.1, -0.05) is 0 Å². The highest BCUT2D eigenvalue weighted by Crippen LogP contribution is 2.39. The zero-order valence-electron chi connectivity index (χ0n) is 61.9. The molecule has 0 saturated carbocycles. The largest absolute Gasteiger partial charge is 0.394 e. The van der Waals surface area contributed by atoms with Crippen LogP contribution in [0.4, 0.5) is 0 Å². The summed E-state index contributed by atoms with van der Waals surface area (Å²) in [6, 6.07) is -8.81. The van der Waals surface area contributed by atoms with Crippen molar-refractivity contribution in [2.24, 2.45) is 0 Å². The highest BCUT2D eigenvalue weighted by atomic mass is 16.8. The molecule has 9 fully saturated rings. The van der Waals surface area contributed by atoms with Gasteiger partial charge in [-0.25, -0.2) is 0 Å². The summed E-state index contributed by atoms with van der Waals surface area (Å²) in [6.45, 7) is -2.05. The maximum absolute atomic E-state index is 13.2. The van der Waals surface area contributed by atoms with E-state index in [2.05, 4.69) is 26.6 Å². The van der Waals surface area contributed by atoms with Crippen molar-refractivity contribution in [1.82, 2.24) is 26.6 Å². The minimum atomic E-state index is -2.54. The number of hydrogen-bond acceptors (Lipinski definition) is 45. The van der Waals surface area contributed by atoms with E-state index in [1.807, 2.05) is 0 Å². The quantitative estimate of drug-likeness (QED) is 0.0331. The maximum atomic E-state index is 13.2. The van der Waals surface area contributed by atoms with Crippen LogP contribution in [0.5, 0.6) is 0 Å². The monoisotopic (exact) mass is 1670 g/mol. The van der Waals surface area contributed by atoms with Gasteiger partial charge >= 0.3 is 0 Å². The molecule has 0 aliphatic carbocycles. The third kappa shape index (κ3) is 21.2. The van der Waals surface area contributed by atoms with E-state index in [4.69, 9.17) is 80.5 Å². The molecule has 9 rings (SSSR count). The highest BCUT2D eigenvalue weighted by Gasteiger charge is 2.60. The minimum Gasteiger partial charge on any atom is -0.394 e. The topological polar surface area (TPSA) is 768 Å². The second-order valence-electron chi connectivity index (χ2n) is 29.0. The molecule has 9 aliphatic heterocycles. The molecule has 0 unspecified atom stereocenters. The Balaban J connectivity index is 1.05. The first-order valence-corrected chi connectivity index (χ1v) is 36.5. The third-order valence-electron chi connectivity index (χ3n) is 20.7. The summed E-state index contributed by atoms with van der Waals surface area (Å²) in [4.78, 5) is 62.9. The van der Waals surface area contributed by atoms with E-state index in [-0.39, 0.29) is 0 Å². The second kappa shape index (κ2) is 40.9. The van der Waals surface area contributed by atoms with Gasteiger partial charge in [0.05, 0.1) is 59.0 Å². The summed E-state index contributed by atoms with van der Waals surface area (Å²) in [5, 5.41) is 269. The highest BCUT2D eigenvalue weighted by molar-refractivity contribution is 5.75. The smallest absolute Gasteiger partial charge is 0.217 e. The predicted octanol–water partition coefficient (Wildman–Crippen LogP) is -18.9. The van der Waals surface area contributed by atoms with Crippen molar-refractivity contribution in [2.75, 3.05) is 52.9 Å². The molecule has 9 aliphatic rings. The molecule has 9 heterocycles. The SMILES string of the molecule is CC(=O)N[C@@H]1[C@@H](O)[C@H](O[C@@H]2O[C@H](CO)[C@@H](O[C@@H]3O[C@H](CO[C@H]4O[C@H](CO[C@@H]5O[C@H](CO)[C@@H](O)[C@H](O)[C@H]5NC(C)=O)[C@@H](O)[C@H](O)[C@@H]4O[C@@H]4O[C@H](CO)[C@@H](O)[C@H](O)[C@H]4NC(C)=O)[C@@H](O)[C@H](O[C@H]4O[C@H](CO)[C@@H](O[C@@H]5O[C@H](CO)[C@@H](O)[C@H](O)[C@H]5NC(C)=O)[C@H](O)[C@@H]4O)[C@@H]3O)[C@H](O)[C@H]2NC(C)=O)[C@@H](CO[C@@H]2O[C@@H](C)[C@@H](O)[C@H](O)[C@@H]2O)O[C@H]1O. The summed E-state index contributed by atoms with van der Waals surface area (Å²) in [6.07, 6.45) is -80.6. The Kier molecular flexibility index (Phi) is 33.6. The molecule has 0 aromatic carbocycles. The summed E-state index contributed by atoms with van der Waals surface area (Å²) in [5.74, 6) is -4.28. The Morgan fingerprint density at radius 1 is 0.246 bits per heavy atom. The summed E-state index contributed by atoms with van der Waals surface area (Å²) >= 11 is 0. The molecule has 28 N–H and O–H groups in total. The summed E-state index contributed by atoms with van der Waals surface area (Å²) in [7, 11) is 0. The van der Waals surface area contributed by atoms with Crippen LogP contribution < -0.4 is 26.6 Å². The average molecular weight is 1670 g/mol. The Labute approximate surface area is 646 Å². The maximum Gasteiger partial charge on any atom is 0.217 e. The molecule has 5 amide bonds. The van der Waals surface area contributed by atoms with Gasteiger partial charge in [0, 0.05) is 34.6 Å². The first kappa shape index (κ1) is 93.6. The second-order valence-corrected chi connectivity index (χ2v) is 29.0. The van der Waals surface area contributed by atoms with Gasteiger partial charge in [-0.3, -0.25) is 24.0 Å². The van der Waals surface area contributed by atoms with Crippen LogP contribution in [0.1, 0.15) is 41.5 Å². The Hall–Kier alpha value is -4.25. The van der Waals surface area contributed by atoms with Crippen LogP contribution >= 0.6 is 0 Å². The van der Waals surface area contributed by atoms with E-state index in [1.54, 1.807) is 0 Å². The van der Waals surface area contributed by atoms with Gasteiger partial charge in [-0.15, -0.1) is 0 Å². The minimum absolute atomic E-state index is 0.792. The fraction of sp³-hybridized carbons (Fsp3) is 0.922. The van der Waals surface area contributed by atoms with E-state index in [9.17, 15) is 141 Å². The molecule has 50 nitrogen and oxygen atoms in total. The molecule has 45 atom stereocenters. The fourth-order valence-corrected chi connectivity index (χ4v) is 14.6. The Bertz CT molecular complexity index is 3080. The molecule has 114 heavy (non-hydrogen) atoms. The Morgan fingerprint density at radius 3 is 1.02 bits per heavy atom.